The van der Waals surface area contributed by atoms with Crippen LogP contribution in [-0.4, -0.2) is 6.54 Å². The molecule has 8 heteroatoms. The van der Waals surface area contributed by atoms with Gasteiger partial charge in [-0.15, -0.1) is 15.0 Å². The van der Waals surface area contributed by atoms with Gasteiger partial charge in [0.2, 0.25) is 0 Å². The Bertz CT molecular complexity index is 699. The third-order valence-electron chi connectivity index (χ3n) is 4.60. The first-order chi connectivity index (χ1) is 12.9. The molecule has 0 amide bonds. The van der Waals surface area contributed by atoms with Gasteiger partial charge in [-0.25, -0.2) is 18.6 Å². The number of rotatable bonds is 3. The molecule has 2 aromatic carbocycles. The average molecular weight is 428 g/mol. The van der Waals surface area contributed by atoms with Gasteiger partial charge in [-0.3, -0.25) is 0 Å². The fourth-order valence-corrected chi connectivity index (χ4v) is 6.93. The fourth-order valence-electron chi connectivity index (χ4n) is 3.39. The highest BCUT2D eigenvalue weighted by molar-refractivity contribution is 8.03. The standard InChI is InChI=1S/C19H22NS2.ClHO4/c1-2-8-15(9-3-1)14-20-22-18-12-6-4-10-16(18)21-17-11-5-7-13-19(17)22;2-1(3,4)5/h4-7,10-13,15,20H,1-3,8-9,14H2;(H,2,3,4,5)/q+1;/p-1. The fraction of sp³-hybridized carbons (Fsp3) is 0.368. The molecule has 0 radical (unpaired) electrons. The first-order valence-corrected chi connectivity index (χ1v) is 12.1. The second kappa shape index (κ2) is 9.62. The lowest BCUT2D eigenvalue weighted by molar-refractivity contribution is -2.00. The molecule has 2 aliphatic rings. The Morgan fingerprint density at radius 1 is 0.852 bits per heavy atom. The van der Waals surface area contributed by atoms with E-state index in [-0.39, 0.29) is 11.1 Å². The maximum atomic E-state index is 8.49. The average Bonchev–Trinajstić information content (AvgIpc) is 2.64. The largest absolute Gasteiger partial charge is 0.222 e. The van der Waals surface area contributed by atoms with Gasteiger partial charge < -0.3 is 0 Å². The zero-order valence-electron chi connectivity index (χ0n) is 14.8. The van der Waals surface area contributed by atoms with Crippen LogP contribution in [0.4, 0.5) is 0 Å². The van der Waals surface area contributed by atoms with Crippen LogP contribution in [0.2, 0.25) is 0 Å². The predicted octanol–water partition coefficient (Wildman–Crippen LogP) is 0.516. The molecule has 1 N–H and O–H groups in total. The van der Waals surface area contributed by atoms with Crippen LogP contribution >= 0.6 is 11.8 Å². The minimum atomic E-state index is -4.94. The van der Waals surface area contributed by atoms with E-state index < -0.39 is 10.2 Å². The Morgan fingerprint density at radius 2 is 1.33 bits per heavy atom. The highest BCUT2D eigenvalue weighted by Gasteiger charge is 2.36. The molecule has 1 aliphatic carbocycles. The van der Waals surface area contributed by atoms with Crippen molar-refractivity contribution in [3.63, 3.8) is 0 Å². The Labute approximate surface area is 169 Å². The monoisotopic (exact) mass is 427 g/mol. The van der Waals surface area contributed by atoms with E-state index in [1.165, 1.54) is 51.7 Å². The van der Waals surface area contributed by atoms with Crippen molar-refractivity contribution in [2.24, 2.45) is 5.92 Å². The summed E-state index contributed by atoms with van der Waals surface area (Å²) in [6.45, 7) is 1.16. The predicted molar refractivity (Wildman–Crippen MR) is 95.5 cm³/mol. The van der Waals surface area contributed by atoms with Gasteiger partial charge in [-0.05, 0) is 43.0 Å². The van der Waals surface area contributed by atoms with E-state index in [4.69, 9.17) is 18.6 Å². The van der Waals surface area contributed by atoms with Gasteiger partial charge in [0.05, 0.1) is 9.79 Å². The van der Waals surface area contributed by atoms with Gasteiger partial charge in [0, 0.05) is 6.54 Å². The lowest BCUT2D eigenvalue weighted by Gasteiger charge is -2.23. The van der Waals surface area contributed by atoms with Crippen LogP contribution < -0.4 is 23.4 Å². The third-order valence-corrected chi connectivity index (χ3v) is 8.06. The van der Waals surface area contributed by atoms with Crippen molar-refractivity contribution in [2.45, 2.75) is 51.7 Å². The molecule has 27 heavy (non-hydrogen) atoms. The van der Waals surface area contributed by atoms with Crippen LogP contribution in [0, 0.1) is 16.2 Å². The summed E-state index contributed by atoms with van der Waals surface area (Å²) in [7, 11) is -4.94. The van der Waals surface area contributed by atoms with Gasteiger partial charge in [0.1, 0.15) is 0 Å². The molecular weight excluding hydrogens is 406 g/mol. The van der Waals surface area contributed by atoms with E-state index in [1.54, 1.807) is 0 Å². The van der Waals surface area contributed by atoms with Crippen molar-refractivity contribution in [3.8, 4) is 0 Å². The molecule has 0 unspecified atom stereocenters. The number of halogens is 1. The van der Waals surface area contributed by atoms with Crippen LogP contribution in [-0.2, 0) is 11.1 Å². The summed E-state index contributed by atoms with van der Waals surface area (Å²) >= 11 is 1.95. The molecular formula is C19H22ClNO4S2. The molecule has 1 fully saturated rings. The van der Waals surface area contributed by atoms with Crippen molar-refractivity contribution in [3.05, 3.63) is 48.5 Å². The van der Waals surface area contributed by atoms with Crippen LogP contribution in [0.25, 0.3) is 0 Å². The van der Waals surface area contributed by atoms with Gasteiger partial charge in [0.25, 0.3) is 0 Å². The Balaban J connectivity index is 0.000000376. The van der Waals surface area contributed by atoms with Crippen LogP contribution in [0.1, 0.15) is 32.1 Å². The molecule has 0 saturated heterocycles. The molecule has 0 aromatic heterocycles. The summed E-state index contributed by atoms with van der Waals surface area (Å²) in [4.78, 5) is 5.78. The van der Waals surface area contributed by atoms with E-state index in [1.807, 2.05) is 11.8 Å². The van der Waals surface area contributed by atoms with Crippen molar-refractivity contribution in [1.29, 1.82) is 0 Å². The summed E-state index contributed by atoms with van der Waals surface area (Å²) in [6.07, 6.45) is 7.08. The van der Waals surface area contributed by atoms with Crippen molar-refractivity contribution >= 4 is 22.8 Å². The van der Waals surface area contributed by atoms with E-state index in [9.17, 15) is 0 Å². The molecule has 0 spiro atoms. The number of nitrogens with one attached hydrogen (secondary N) is 1. The Morgan fingerprint density at radius 3 is 1.85 bits per heavy atom. The summed E-state index contributed by atoms with van der Waals surface area (Å²) in [6, 6.07) is 17.8. The second-order valence-electron chi connectivity index (χ2n) is 6.53. The molecule has 1 heterocycles. The van der Waals surface area contributed by atoms with Crippen LogP contribution in [0.15, 0.2) is 68.1 Å². The minimum absolute atomic E-state index is 0.0330. The normalized spacial score (nSPS) is 17.5. The molecule has 146 valence electrons. The first-order valence-electron chi connectivity index (χ1n) is 8.87. The van der Waals surface area contributed by atoms with Gasteiger partial charge in [-0.2, -0.15) is 0 Å². The molecule has 0 atom stereocenters. The number of fused-ring (bicyclic) bond motifs is 2. The first kappa shape index (κ1) is 21.0. The number of benzene rings is 2. The van der Waals surface area contributed by atoms with Crippen molar-refractivity contribution in [2.75, 3.05) is 6.54 Å². The molecule has 0 bridgehead atoms. The van der Waals surface area contributed by atoms with Gasteiger partial charge in [-0.1, -0.05) is 55.3 Å². The van der Waals surface area contributed by atoms with Crippen LogP contribution in [0.3, 0.4) is 0 Å². The third kappa shape index (κ3) is 6.37. The van der Waals surface area contributed by atoms with Crippen molar-refractivity contribution < 1.29 is 28.9 Å². The number of hydrogen-bond donors (Lipinski definition) is 1. The molecule has 2 aromatic rings. The summed E-state index contributed by atoms with van der Waals surface area (Å²) in [5.74, 6) is 0.871. The lowest BCUT2D eigenvalue weighted by Crippen LogP contribution is -2.68. The zero-order chi connectivity index (χ0) is 19.3. The quantitative estimate of drug-likeness (QED) is 0.716. The maximum Gasteiger partial charge on any atom is 0.195 e. The topological polar surface area (TPSA) is 104 Å². The zero-order valence-corrected chi connectivity index (χ0v) is 17.2. The minimum Gasteiger partial charge on any atom is -0.222 e. The Kier molecular flexibility index (Phi) is 7.47. The van der Waals surface area contributed by atoms with E-state index in [0.29, 0.717) is 0 Å². The summed E-state index contributed by atoms with van der Waals surface area (Å²) in [5, 5.41) is 0. The van der Waals surface area contributed by atoms with E-state index in [0.717, 1.165) is 12.5 Å². The van der Waals surface area contributed by atoms with Crippen LogP contribution in [0.5, 0.6) is 0 Å². The van der Waals surface area contributed by atoms with E-state index >= 15 is 0 Å². The lowest BCUT2D eigenvalue weighted by atomic mass is 9.90. The molecule has 1 aliphatic heterocycles. The van der Waals surface area contributed by atoms with E-state index in [2.05, 4.69) is 53.3 Å². The smallest absolute Gasteiger partial charge is 0.195 e. The SMILES string of the molecule is [O-][Cl+3]([O-])([O-])[O-].c1ccc2c(c1)Sc1ccccc1[S+]2NCC1CCCCC1. The Hall–Kier alpha value is -0.770. The van der Waals surface area contributed by atoms with Gasteiger partial charge in [0.15, 0.2) is 20.9 Å². The maximum absolute atomic E-state index is 8.49. The summed E-state index contributed by atoms with van der Waals surface area (Å²) < 4.78 is 37.9. The number of hydrogen-bond acceptors (Lipinski definition) is 6. The molecule has 5 nitrogen and oxygen atoms in total. The molecule has 4 rings (SSSR count). The highest BCUT2D eigenvalue weighted by Crippen LogP contribution is 2.44. The molecule has 1 saturated carbocycles. The van der Waals surface area contributed by atoms with Crippen molar-refractivity contribution in [1.82, 2.24) is 4.72 Å². The summed E-state index contributed by atoms with van der Waals surface area (Å²) in [5.41, 5.74) is 0. The second-order valence-corrected chi connectivity index (χ2v) is 10.2. The highest BCUT2D eigenvalue weighted by atomic mass is 35.7. The van der Waals surface area contributed by atoms with Gasteiger partial charge >= 0.3 is 0 Å².